The number of amides is 2. The van der Waals surface area contributed by atoms with Crippen molar-refractivity contribution in [3.05, 3.63) is 93.5 Å². The van der Waals surface area contributed by atoms with Gasteiger partial charge in [0, 0.05) is 15.7 Å². The summed E-state index contributed by atoms with van der Waals surface area (Å²) in [4.78, 5) is 36.7. The van der Waals surface area contributed by atoms with Gasteiger partial charge < -0.3 is 10.1 Å². The summed E-state index contributed by atoms with van der Waals surface area (Å²) in [6.07, 6.45) is 2.17. The SMILES string of the molecule is CCc1ccc(NC(=O)C(=O)N/N=C/c2cc(Br)ccc2OC(=O)c2ccccc2C)cc1. The normalized spacial score (nSPS) is 10.6. The van der Waals surface area contributed by atoms with Crippen LogP contribution in [0.4, 0.5) is 5.69 Å². The highest BCUT2D eigenvalue weighted by Crippen LogP contribution is 2.23. The predicted octanol–water partition coefficient (Wildman–Crippen LogP) is 4.63. The fraction of sp³-hybridized carbons (Fsp3) is 0.120. The van der Waals surface area contributed by atoms with E-state index in [1.165, 1.54) is 6.21 Å². The average molecular weight is 508 g/mol. The van der Waals surface area contributed by atoms with E-state index in [0.29, 0.717) is 16.8 Å². The second-order valence-electron chi connectivity index (χ2n) is 7.09. The molecule has 0 aliphatic carbocycles. The molecular weight excluding hydrogens is 486 g/mol. The summed E-state index contributed by atoms with van der Waals surface area (Å²) in [5, 5.41) is 6.34. The number of aryl methyl sites for hydroxylation is 2. The van der Waals surface area contributed by atoms with Crippen molar-refractivity contribution >= 4 is 45.6 Å². The lowest BCUT2D eigenvalue weighted by Gasteiger charge is -2.09. The number of hydrazone groups is 1. The van der Waals surface area contributed by atoms with Gasteiger partial charge in [-0.3, -0.25) is 9.59 Å². The number of anilines is 1. The summed E-state index contributed by atoms with van der Waals surface area (Å²) in [5.74, 6) is -2.04. The van der Waals surface area contributed by atoms with Crippen LogP contribution in [0, 0.1) is 6.92 Å². The molecule has 2 N–H and O–H groups in total. The first-order chi connectivity index (χ1) is 15.9. The number of hydrogen-bond donors (Lipinski definition) is 2. The minimum absolute atomic E-state index is 0.255. The van der Waals surface area contributed by atoms with Crippen LogP contribution >= 0.6 is 15.9 Å². The highest BCUT2D eigenvalue weighted by atomic mass is 79.9. The second-order valence-corrected chi connectivity index (χ2v) is 8.01. The van der Waals surface area contributed by atoms with Gasteiger partial charge in [-0.15, -0.1) is 0 Å². The molecule has 0 atom stereocenters. The van der Waals surface area contributed by atoms with Crippen LogP contribution in [0.25, 0.3) is 0 Å². The molecule has 3 rings (SSSR count). The van der Waals surface area contributed by atoms with Gasteiger partial charge in [-0.1, -0.05) is 53.2 Å². The molecule has 0 aliphatic rings. The van der Waals surface area contributed by atoms with Crippen molar-refractivity contribution in [2.24, 2.45) is 5.10 Å². The molecule has 0 unspecified atom stereocenters. The first kappa shape index (κ1) is 23.9. The van der Waals surface area contributed by atoms with Crippen molar-refractivity contribution in [3.63, 3.8) is 0 Å². The minimum Gasteiger partial charge on any atom is -0.422 e. The van der Waals surface area contributed by atoms with E-state index in [1.807, 2.05) is 38.1 Å². The lowest BCUT2D eigenvalue weighted by Crippen LogP contribution is -2.32. The van der Waals surface area contributed by atoms with Gasteiger partial charge in [0.05, 0.1) is 11.8 Å². The smallest absolute Gasteiger partial charge is 0.343 e. The maximum Gasteiger partial charge on any atom is 0.343 e. The van der Waals surface area contributed by atoms with E-state index in [-0.39, 0.29) is 5.75 Å². The van der Waals surface area contributed by atoms with E-state index in [1.54, 1.807) is 42.5 Å². The number of rotatable bonds is 6. The number of carbonyl (C=O) groups excluding carboxylic acids is 3. The Morgan fingerprint density at radius 1 is 1.00 bits per heavy atom. The lowest BCUT2D eigenvalue weighted by atomic mass is 10.1. The summed E-state index contributed by atoms with van der Waals surface area (Å²) in [5.41, 5.74) is 5.47. The number of hydrogen-bond acceptors (Lipinski definition) is 5. The molecule has 0 aromatic heterocycles. The third-order valence-corrected chi connectivity index (χ3v) is 5.23. The molecule has 0 bridgehead atoms. The van der Waals surface area contributed by atoms with Gasteiger partial charge in [0.2, 0.25) is 0 Å². The summed E-state index contributed by atoms with van der Waals surface area (Å²) in [7, 11) is 0. The van der Waals surface area contributed by atoms with Crippen LogP contribution in [0.15, 0.2) is 76.3 Å². The zero-order valence-electron chi connectivity index (χ0n) is 18.1. The number of esters is 1. The second kappa shape index (κ2) is 11.2. The third kappa shape index (κ3) is 6.60. The summed E-state index contributed by atoms with van der Waals surface area (Å²) >= 11 is 3.36. The highest BCUT2D eigenvalue weighted by molar-refractivity contribution is 9.10. The lowest BCUT2D eigenvalue weighted by molar-refractivity contribution is -0.136. The number of carbonyl (C=O) groups is 3. The van der Waals surface area contributed by atoms with Crippen LogP contribution in [-0.2, 0) is 16.0 Å². The molecule has 0 saturated carbocycles. The maximum atomic E-state index is 12.6. The van der Waals surface area contributed by atoms with Gasteiger partial charge in [-0.05, 0) is 60.9 Å². The van der Waals surface area contributed by atoms with E-state index in [4.69, 9.17) is 4.74 Å². The summed E-state index contributed by atoms with van der Waals surface area (Å²) in [6.45, 7) is 3.85. The number of nitrogens with one attached hydrogen (secondary N) is 2. The van der Waals surface area contributed by atoms with Crippen LogP contribution in [0.2, 0.25) is 0 Å². The van der Waals surface area contributed by atoms with E-state index < -0.39 is 17.8 Å². The summed E-state index contributed by atoms with van der Waals surface area (Å²) in [6, 6.07) is 19.3. The van der Waals surface area contributed by atoms with Crippen molar-refractivity contribution in [1.29, 1.82) is 0 Å². The molecule has 33 heavy (non-hydrogen) atoms. The Morgan fingerprint density at radius 2 is 1.73 bits per heavy atom. The van der Waals surface area contributed by atoms with Crippen LogP contribution in [0.1, 0.15) is 34.0 Å². The molecule has 7 nitrogen and oxygen atoms in total. The number of benzene rings is 3. The molecule has 0 radical (unpaired) electrons. The highest BCUT2D eigenvalue weighted by Gasteiger charge is 2.15. The van der Waals surface area contributed by atoms with Crippen LogP contribution in [0.3, 0.4) is 0 Å². The van der Waals surface area contributed by atoms with Gasteiger partial charge >= 0.3 is 17.8 Å². The van der Waals surface area contributed by atoms with Gasteiger partial charge in [0.1, 0.15) is 5.75 Å². The molecule has 0 heterocycles. The first-order valence-corrected chi connectivity index (χ1v) is 11.0. The zero-order valence-corrected chi connectivity index (χ0v) is 19.7. The van der Waals surface area contributed by atoms with E-state index in [9.17, 15) is 14.4 Å². The fourth-order valence-corrected chi connectivity index (χ4v) is 3.27. The average Bonchev–Trinajstić information content (AvgIpc) is 2.81. The van der Waals surface area contributed by atoms with Gasteiger partial charge in [0.25, 0.3) is 0 Å². The molecule has 3 aromatic carbocycles. The molecule has 2 amide bonds. The van der Waals surface area contributed by atoms with E-state index in [2.05, 4.69) is 31.8 Å². The molecule has 0 saturated heterocycles. The minimum atomic E-state index is -0.931. The standard InChI is InChI=1S/C25H22BrN3O4/c1-3-17-8-11-20(12-9-17)28-23(30)24(31)29-27-15-18-14-19(26)10-13-22(18)33-25(32)21-7-5-4-6-16(21)2/h4-15H,3H2,1-2H3,(H,28,30)(H,29,31)/b27-15+. The third-order valence-electron chi connectivity index (χ3n) is 4.74. The Labute approximate surface area is 200 Å². The Hall–Kier alpha value is -3.78. The Morgan fingerprint density at radius 3 is 2.42 bits per heavy atom. The van der Waals surface area contributed by atoms with Gasteiger partial charge in [-0.25, -0.2) is 10.2 Å². The van der Waals surface area contributed by atoms with Crippen molar-refractivity contribution in [3.8, 4) is 5.75 Å². The number of halogens is 1. The Bertz CT molecular complexity index is 1210. The molecule has 0 spiro atoms. The predicted molar refractivity (Wildman–Crippen MR) is 130 cm³/mol. The topological polar surface area (TPSA) is 96.9 Å². The van der Waals surface area contributed by atoms with E-state index in [0.717, 1.165) is 22.0 Å². The quantitative estimate of drug-likeness (QED) is 0.167. The Kier molecular flexibility index (Phi) is 8.10. The van der Waals surface area contributed by atoms with Crippen LogP contribution in [0.5, 0.6) is 5.75 Å². The molecule has 0 fully saturated rings. The van der Waals surface area contributed by atoms with Crippen LogP contribution < -0.4 is 15.5 Å². The molecule has 3 aromatic rings. The van der Waals surface area contributed by atoms with Crippen molar-refractivity contribution in [2.45, 2.75) is 20.3 Å². The van der Waals surface area contributed by atoms with E-state index >= 15 is 0 Å². The maximum absolute atomic E-state index is 12.6. The number of nitrogens with zero attached hydrogens (tertiary/aromatic N) is 1. The molecule has 168 valence electrons. The van der Waals surface area contributed by atoms with Crippen LogP contribution in [-0.4, -0.2) is 24.0 Å². The number of ether oxygens (including phenoxy) is 1. The van der Waals surface area contributed by atoms with Gasteiger partial charge in [-0.2, -0.15) is 5.10 Å². The summed E-state index contributed by atoms with van der Waals surface area (Å²) < 4.78 is 6.25. The largest absolute Gasteiger partial charge is 0.422 e. The zero-order chi connectivity index (χ0) is 23.8. The monoisotopic (exact) mass is 507 g/mol. The van der Waals surface area contributed by atoms with Gasteiger partial charge in [0.15, 0.2) is 0 Å². The fourth-order valence-electron chi connectivity index (χ4n) is 2.89. The van der Waals surface area contributed by atoms with Crippen molar-refractivity contribution < 1.29 is 19.1 Å². The van der Waals surface area contributed by atoms with Crippen molar-refractivity contribution in [1.82, 2.24) is 5.43 Å². The molecule has 0 aliphatic heterocycles. The van der Waals surface area contributed by atoms with Crippen molar-refractivity contribution in [2.75, 3.05) is 5.32 Å². The first-order valence-electron chi connectivity index (χ1n) is 10.2. The Balaban J connectivity index is 1.65. The molecular formula is C25H22BrN3O4. The molecule has 8 heteroatoms.